The van der Waals surface area contributed by atoms with Gasteiger partial charge in [-0.1, -0.05) is 20.8 Å². The van der Waals surface area contributed by atoms with E-state index in [0.717, 1.165) is 45.7 Å². The molecule has 2 aliphatic heterocycles. The molecule has 0 aromatic carbocycles. The van der Waals surface area contributed by atoms with E-state index >= 15 is 0 Å². The summed E-state index contributed by atoms with van der Waals surface area (Å²) < 4.78 is 22.6. The van der Waals surface area contributed by atoms with Crippen LogP contribution in [0.4, 0.5) is 0 Å². The lowest BCUT2D eigenvalue weighted by atomic mass is 9.83. The van der Waals surface area contributed by atoms with Crippen LogP contribution in [0.1, 0.15) is 40.0 Å². The fourth-order valence-corrected chi connectivity index (χ4v) is 2.98. The Balaban J connectivity index is 1.76. The molecule has 1 N–H and O–H groups in total. The van der Waals surface area contributed by atoms with E-state index < -0.39 is 0 Å². The van der Waals surface area contributed by atoms with Crippen molar-refractivity contribution in [2.45, 2.75) is 40.0 Å². The molecule has 23 heavy (non-hydrogen) atoms. The second-order valence-corrected chi connectivity index (χ2v) is 7.69. The Labute approximate surface area is 140 Å². The zero-order chi connectivity index (χ0) is 16.8. The normalized spacial score (nSPS) is 22.4. The van der Waals surface area contributed by atoms with Crippen LogP contribution in [0, 0.1) is 16.2 Å². The van der Waals surface area contributed by atoms with Crippen molar-refractivity contribution in [3.63, 3.8) is 0 Å². The lowest BCUT2D eigenvalue weighted by Gasteiger charge is -2.42. The predicted octanol–water partition coefficient (Wildman–Crippen LogP) is 2.26. The summed E-state index contributed by atoms with van der Waals surface area (Å²) in [6.45, 7) is 12.2. The summed E-state index contributed by atoms with van der Waals surface area (Å²) in [4.78, 5) is 0. The summed E-state index contributed by atoms with van der Waals surface area (Å²) in [6.07, 6.45) is 2.98. The molecule has 0 unspecified atom stereocenters. The van der Waals surface area contributed by atoms with Crippen molar-refractivity contribution >= 4 is 0 Å². The molecule has 0 saturated carbocycles. The first kappa shape index (κ1) is 19.1. The summed E-state index contributed by atoms with van der Waals surface area (Å²) in [5.41, 5.74) is 0.0652. The molecule has 0 bridgehead atoms. The molecule has 0 aromatic rings. The van der Waals surface area contributed by atoms with Gasteiger partial charge in [-0.05, 0) is 19.3 Å². The van der Waals surface area contributed by atoms with Crippen LogP contribution >= 0.6 is 0 Å². The van der Waals surface area contributed by atoms with Gasteiger partial charge >= 0.3 is 0 Å². The molecule has 5 nitrogen and oxygen atoms in total. The summed E-state index contributed by atoms with van der Waals surface area (Å²) in [6, 6.07) is 0. The largest absolute Gasteiger partial charge is 0.396 e. The molecule has 0 aliphatic carbocycles. The van der Waals surface area contributed by atoms with Crippen LogP contribution in [0.3, 0.4) is 0 Å². The molecule has 0 radical (unpaired) electrons. The Bertz CT molecular complexity index is 304. The zero-order valence-corrected chi connectivity index (χ0v) is 15.1. The maximum atomic E-state index is 9.88. The van der Waals surface area contributed by atoms with E-state index in [2.05, 4.69) is 20.8 Å². The van der Waals surface area contributed by atoms with Gasteiger partial charge < -0.3 is 24.1 Å². The monoisotopic (exact) mass is 330 g/mol. The van der Waals surface area contributed by atoms with Gasteiger partial charge in [0.05, 0.1) is 59.5 Å². The van der Waals surface area contributed by atoms with Gasteiger partial charge in [0.1, 0.15) is 0 Å². The number of aliphatic hydroxyl groups is 1. The molecular weight excluding hydrogens is 296 g/mol. The molecule has 2 heterocycles. The number of hydrogen-bond acceptors (Lipinski definition) is 5. The maximum Gasteiger partial charge on any atom is 0.0566 e. The fraction of sp³-hybridized carbons (Fsp3) is 1.00. The average molecular weight is 330 g/mol. The first-order valence-electron chi connectivity index (χ1n) is 8.99. The van der Waals surface area contributed by atoms with Crippen LogP contribution in [0.15, 0.2) is 0 Å². The van der Waals surface area contributed by atoms with Crippen molar-refractivity contribution in [1.82, 2.24) is 0 Å². The third kappa shape index (κ3) is 4.45. The highest BCUT2D eigenvalue weighted by Gasteiger charge is 2.40. The van der Waals surface area contributed by atoms with E-state index in [4.69, 9.17) is 18.9 Å². The molecule has 0 spiro atoms. The van der Waals surface area contributed by atoms with Crippen LogP contribution in [-0.2, 0) is 18.9 Å². The molecule has 0 amide bonds. The molecule has 2 fully saturated rings. The second-order valence-electron chi connectivity index (χ2n) is 7.69. The van der Waals surface area contributed by atoms with Gasteiger partial charge in [-0.3, -0.25) is 0 Å². The van der Waals surface area contributed by atoms with Gasteiger partial charge in [0.2, 0.25) is 0 Å². The summed E-state index contributed by atoms with van der Waals surface area (Å²) in [5.74, 6) is 0. The molecule has 2 rings (SSSR count). The Morgan fingerprint density at radius 1 is 0.870 bits per heavy atom. The minimum absolute atomic E-state index is 0.0920. The maximum absolute atomic E-state index is 9.88. The quantitative estimate of drug-likeness (QED) is 0.595. The minimum Gasteiger partial charge on any atom is -0.396 e. The molecule has 0 aromatic heterocycles. The van der Waals surface area contributed by atoms with Gasteiger partial charge in [-0.25, -0.2) is 0 Å². The molecule has 0 atom stereocenters. The van der Waals surface area contributed by atoms with Crippen LogP contribution in [-0.4, -0.2) is 64.6 Å². The number of rotatable bonds is 12. The standard InChI is InChI=1S/C18H34O5/c1-4-16(7-19,8-20-10-17(5-2)12-22-13-17)9-21-11-18(6-3)14-23-15-18/h19H,4-15H2,1-3H3. The Morgan fingerprint density at radius 2 is 1.30 bits per heavy atom. The lowest BCUT2D eigenvalue weighted by Crippen LogP contribution is -2.48. The summed E-state index contributed by atoms with van der Waals surface area (Å²) >= 11 is 0. The van der Waals surface area contributed by atoms with Crippen molar-refractivity contribution in [1.29, 1.82) is 0 Å². The lowest BCUT2D eigenvalue weighted by molar-refractivity contribution is -0.175. The van der Waals surface area contributed by atoms with E-state index in [-0.39, 0.29) is 22.9 Å². The van der Waals surface area contributed by atoms with Crippen LogP contribution in [0.5, 0.6) is 0 Å². The number of ether oxygens (including phenoxy) is 4. The summed E-state index contributed by atoms with van der Waals surface area (Å²) in [5, 5.41) is 9.88. The molecular formula is C18H34O5. The first-order valence-corrected chi connectivity index (χ1v) is 8.99. The molecule has 5 heteroatoms. The van der Waals surface area contributed by atoms with E-state index in [1.165, 1.54) is 0 Å². The molecule has 2 saturated heterocycles. The van der Waals surface area contributed by atoms with E-state index in [9.17, 15) is 5.11 Å². The van der Waals surface area contributed by atoms with Crippen molar-refractivity contribution < 1.29 is 24.1 Å². The van der Waals surface area contributed by atoms with Crippen molar-refractivity contribution in [3.8, 4) is 0 Å². The third-order valence-corrected chi connectivity index (χ3v) is 5.85. The van der Waals surface area contributed by atoms with Gasteiger partial charge in [0, 0.05) is 16.2 Å². The minimum atomic E-state index is -0.306. The predicted molar refractivity (Wildman–Crippen MR) is 88.5 cm³/mol. The molecule has 136 valence electrons. The smallest absolute Gasteiger partial charge is 0.0566 e. The Hall–Kier alpha value is -0.200. The fourth-order valence-electron chi connectivity index (χ4n) is 2.98. The van der Waals surface area contributed by atoms with Gasteiger partial charge in [-0.15, -0.1) is 0 Å². The van der Waals surface area contributed by atoms with Crippen LogP contribution < -0.4 is 0 Å². The number of hydrogen-bond donors (Lipinski definition) is 1. The highest BCUT2D eigenvalue weighted by molar-refractivity contribution is 4.86. The Kier molecular flexibility index (Phi) is 6.87. The zero-order valence-electron chi connectivity index (χ0n) is 15.1. The van der Waals surface area contributed by atoms with Gasteiger partial charge in [-0.2, -0.15) is 0 Å². The highest BCUT2D eigenvalue weighted by Crippen LogP contribution is 2.34. The third-order valence-electron chi connectivity index (χ3n) is 5.85. The second kappa shape index (κ2) is 8.26. The first-order chi connectivity index (χ1) is 11.1. The van der Waals surface area contributed by atoms with Gasteiger partial charge in [0.15, 0.2) is 0 Å². The molecule has 2 aliphatic rings. The highest BCUT2D eigenvalue weighted by atomic mass is 16.5. The van der Waals surface area contributed by atoms with E-state index in [1.54, 1.807) is 0 Å². The summed E-state index contributed by atoms with van der Waals surface area (Å²) in [7, 11) is 0. The van der Waals surface area contributed by atoms with Gasteiger partial charge in [0.25, 0.3) is 0 Å². The van der Waals surface area contributed by atoms with Crippen molar-refractivity contribution in [2.24, 2.45) is 16.2 Å². The SMILES string of the molecule is CCC(CO)(COCC1(CC)COC1)COCC1(CC)COC1. The number of aliphatic hydroxyl groups excluding tert-OH is 1. The Morgan fingerprint density at radius 3 is 1.52 bits per heavy atom. The topological polar surface area (TPSA) is 57.2 Å². The van der Waals surface area contributed by atoms with E-state index in [1.807, 2.05) is 0 Å². The average Bonchev–Trinajstić information content (AvgIpc) is 2.51. The van der Waals surface area contributed by atoms with Crippen LogP contribution in [0.2, 0.25) is 0 Å². The van der Waals surface area contributed by atoms with Crippen molar-refractivity contribution in [2.75, 3.05) is 59.5 Å². The van der Waals surface area contributed by atoms with Crippen LogP contribution in [0.25, 0.3) is 0 Å². The van der Waals surface area contributed by atoms with Crippen molar-refractivity contribution in [3.05, 3.63) is 0 Å². The van der Waals surface area contributed by atoms with E-state index in [0.29, 0.717) is 26.4 Å².